The zero-order valence-corrected chi connectivity index (χ0v) is 18.3. The average molecular weight is 433 g/mol. The summed E-state index contributed by atoms with van der Waals surface area (Å²) in [5.41, 5.74) is 4.72. The van der Waals surface area contributed by atoms with Crippen molar-refractivity contribution in [3.63, 3.8) is 0 Å². The van der Waals surface area contributed by atoms with Crippen molar-refractivity contribution in [1.29, 1.82) is 0 Å². The smallest absolute Gasteiger partial charge is 0.410 e. The summed E-state index contributed by atoms with van der Waals surface area (Å²) in [6, 6.07) is 8.56. The Morgan fingerprint density at radius 2 is 1.90 bits per heavy atom. The number of nitrogens with zero attached hydrogens (tertiary/aromatic N) is 1. The SMILES string of the molecule is CC(C)C[C@](C)(NC(=O)[C@@H]1CCCN1C(=O)OCc1ccccc1)C(=O)NCC(N)=O. The van der Waals surface area contributed by atoms with Crippen molar-refractivity contribution in [3.05, 3.63) is 35.9 Å². The first-order chi connectivity index (χ1) is 14.6. The van der Waals surface area contributed by atoms with E-state index in [0.29, 0.717) is 25.8 Å². The van der Waals surface area contributed by atoms with Crippen LogP contribution in [0.4, 0.5) is 4.79 Å². The van der Waals surface area contributed by atoms with Gasteiger partial charge >= 0.3 is 6.09 Å². The van der Waals surface area contributed by atoms with Gasteiger partial charge in [-0.3, -0.25) is 19.3 Å². The number of nitrogens with one attached hydrogen (secondary N) is 2. The van der Waals surface area contributed by atoms with Crippen LogP contribution in [0.1, 0.15) is 45.6 Å². The molecule has 9 heteroatoms. The summed E-state index contributed by atoms with van der Waals surface area (Å²) in [5, 5.41) is 5.26. The van der Waals surface area contributed by atoms with Gasteiger partial charge in [0, 0.05) is 6.54 Å². The second kappa shape index (κ2) is 10.8. The maximum atomic E-state index is 13.0. The Labute approximate surface area is 182 Å². The number of hydrogen-bond donors (Lipinski definition) is 3. The Hall–Kier alpha value is -3.10. The molecule has 1 aliphatic heterocycles. The predicted octanol–water partition coefficient (Wildman–Crippen LogP) is 1.31. The van der Waals surface area contributed by atoms with Gasteiger partial charge in [-0.2, -0.15) is 0 Å². The number of ether oxygens (including phenoxy) is 1. The van der Waals surface area contributed by atoms with Crippen molar-refractivity contribution < 1.29 is 23.9 Å². The van der Waals surface area contributed by atoms with E-state index in [1.54, 1.807) is 6.92 Å². The molecule has 0 aromatic heterocycles. The van der Waals surface area contributed by atoms with Crippen molar-refractivity contribution in [2.75, 3.05) is 13.1 Å². The number of benzene rings is 1. The molecule has 1 fully saturated rings. The molecule has 9 nitrogen and oxygen atoms in total. The number of carbonyl (C=O) groups excluding carboxylic acids is 4. The number of hydrogen-bond acceptors (Lipinski definition) is 5. The van der Waals surface area contributed by atoms with Crippen LogP contribution in [-0.2, 0) is 25.7 Å². The topological polar surface area (TPSA) is 131 Å². The summed E-state index contributed by atoms with van der Waals surface area (Å²) in [6.07, 6.45) is 0.930. The minimum absolute atomic E-state index is 0.0974. The summed E-state index contributed by atoms with van der Waals surface area (Å²) < 4.78 is 5.38. The molecule has 0 aliphatic carbocycles. The normalized spacial score (nSPS) is 17.7. The first-order valence-corrected chi connectivity index (χ1v) is 10.5. The lowest BCUT2D eigenvalue weighted by molar-refractivity contribution is -0.136. The van der Waals surface area contributed by atoms with E-state index in [0.717, 1.165) is 5.56 Å². The molecule has 2 rings (SSSR count). The van der Waals surface area contributed by atoms with E-state index in [1.165, 1.54) is 4.90 Å². The van der Waals surface area contributed by atoms with Crippen LogP contribution in [0.5, 0.6) is 0 Å². The van der Waals surface area contributed by atoms with Crippen LogP contribution >= 0.6 is 0 Å². The highest BCUT2D eigenvalue weighted by Crippen LogP contribution is 2.22. The molecular formula is C22H32N4O5. The van der Waals surface area contributed by atoms with Crippen LogP contribution in [-0.4, -0.2) is 53.4 Å². The zero-order chi connectivity index (χ0) is 23.0. The molecule has 1 aromatic carbocycles. The maximum absolute atomic E-state index is 13.0. The molecule has 4 amide bonds. The predicted molar refractivity (Wildman–Crippen MR) is 115 cm³/mol. The molecule has 2 atom stereocenters. The summed E-state index contributed by atoms with van der Waals surface area (Å²) in [6.45, 7) is 5.66. The Morgan fingerprint density at radius 3 is 2.52 bits per heavy atom. The summed E-state index contributed by atoms with van der Waals surface area (Å²) >= 11 is 0. The minimum Gasteiger partial charge on any atom is -0.445 e. The van der Waals surface area contributed by atoms with Gasteiger partial charge in [0.2, 0.25) is 17.7 Å². The van der Waals surface area contributed by atoms with Crippen LogP contribution in [0.2, 0.25) is 0 Å². The second-order valence-corrected chi connectivity index (χ2v) is 8.46. The van der Waals surface area contributed by atoms with E-state index in [1.807, 2.05) is 44.2 Å². The molecule has 1 heterocycles. The molecule has 0 radical (unpaired) electrons. The first-order valence-electron chi connectivity index (χ1n) is 10.5. The fourth-order valence-electron chi connectivity index (χ4n) is 3.79. The third-order valence-corrected chi connectivity index (χ3v) is 5.14. The average Bonchev–Trinajstić information content (AvgIpc) is 3.20. The van der Waals surface area contributed by atoms with Crippen molar-refractivity contribution in [1.82, 2.24) is 15.5 Å². The lowest BCUT2D eigenvalue weighted by atomic mass is 9.89. The molecule has 170 valence electrons. The number of nitrogens with two attached hydrogens (primary N) is 1. The molecular weight excluding hydrogens is 400 g/mol. The minimum atomic E-state index is -1.25. The van der Waals surface area contributed by atoms with Gasteiger partial charge in [0.05, 0.1) is 6.54 Å². The number of likely N-dealkylation sites (tertiary alicyclic amines) is 1. The number of carbonyl (C=O) groups is 4. The quantitative estimate of drug-likeness (QED) is 0.541. The highest BCUT2D eigenvalue weighted by molar-refractivity contribution is 5.95. The van der Waals surface area contributed by atoms with Crippen molar-refractivity contribution >= 4 is 23.8 Å². The highest BCUT2D eigenvalue weighted by atomic mass is 16.6. The maximum Gasteiger partial charge on any atom is 0.410 e. The Bertz CT molecular complexity index is 798. The lowest BCUT2D eigenvalue weighted by Gasteiger charge is -2.33. The van der Waals surface area contributed by atoms with E-state index >= 15 is 0 Å². The van der Waals surface area contributed by atoms with Crippen LogP contribution in [0.3, 0.4) is 0 Å². The van der Waals surface area contributed by atoms with E-state index in [4.69, 9.17) is 10.5 Å². The highest BCUT2D eigenvalue weighted by Gasteiger charge is 2.41. The lowest BCUT2D eigenvalue weighted by Crippen LogP contribution is -2.61. The third kappa shape index (κ3) is 6.97. The van der Waals surface area contributed by atoms with Gasteiger partial charge in [0.1, 0.15) is 18.2 Å². The van der Waals surface area contributed by atoms with Crippen LogP contribution in [0.15, 0.2) is 30.3 Å². The largest absolute Gasteiger partial charge is 0.445 e. The molecule has 0 bridgehead atoms. The number of rotatable bonds is 9. The zero-order valence-electron chi connectivity index (χ0n) is 18.3. The fraction of sp³-hybridized carbons (Fsp3) is 0.545. The van der Waals surface area contributed by atoms with E-state index in [2.05, 4.69) is 10.6 Å². The van der Waals surface area contributed by atoms with E-state index in [9.17, 15) is 19.2 Å². The summed E-state index contributed by atoms with van der Waals surface area (Å²) in [7, 11) is 0. The van der Waals surface area contributed by atoms with Gasteiger partial charge in [0.25, 0.3) is 0 Å². The second-order valence-electron chi connectivity index (χ2n) is 8.46. The van der Waals surface area contributed by atoms with Crippen LogP contribution in [0, 0.1) is 5.92 Å². The van der Waals surface area contributed by atoms with Crippen molar-refractivity contribution in [2.45, 2.75) is 58.2 Å². The van der Waals surface area contributed by atoms with Crippen LogP contribution < -0.4 is 16.4 Å². The van der Waals surface area contributed by atoms with E-state index in [-0.39, 0.29) is 19.1 Å². The van der Waals surface area contributed by atoms with Gasteiger partial charge in [0.15, 0.2) is 0 Å². The summed E-state index contributed by atoms with van der Waals surface area (Å²) in [4.78, 5) is 50.7. The van der Waals surface area contributed by atoms with E-state index < -0.39 is 35.4 Å². The standard InChI is InChI=1S/C22H32N4O5/c1-15(2)12-22(3,20(29)24-13-18(23)27)25-19(28)17-10-7-11-26(17)21(30)31-14-16-8-5-4-6-9-16/h4-6,8-9,15,17H,7,10-14H2,1-3H3,(H2,23,27)(H,24,29)(H,25,28)/t17-,22-/m0/s1. The number of primary amides is 1. The summed E-state index contributed by atoms with van der Waals surface area (Å²) in [5.74, 6) is -1.49. The van der Waals surface area contributed by atoms with Gasteiger partial charge < -0.3 is 21.1 Å². The molecule has 1 aromatic rings. The molecule has 31 heavy (non-hydrogen) atoms. The Kier molecular flexibility index (Phi) is 8.41. The number of amides is 4. The third-order valence-electron chi connectivity index (χ3n) is 5.14. The van der Waals surface area contributed by atoms with Gasteiger partial charge in [-0.15, -0.1) is 0 Å². The van der Waals surface area contributed by atoms with Crippen molar-refractivity contribution in [2.24, 2.45) is 11.7 Å². The molecule has 1 aliphatic rings. The van der Waals surface area contributed by atoms with Crippen LogP contribution in [0.25, 0.3) is 0 Å². The van der Waals surface area contributed by atoms with Gasteiger partial charge in [-0.05, 0) is 37.7 Å². The molecule has 0 saturated carbocycles. The van der Waals surface area contributed by atoms with Gasteiger partial charge in [-0.1, -0.05) is 44.2 Å². The Balaban J connectivity index is 2.04. The first kappa shape index (κ1) is 24.2. The molecule has 4 N–H and O–H groups in total. The fourth-order valence-corrected chi connectivity index (χ4v) is 3.79. The molecule has 0 unspecified atom stereocenters. The molecule has 1 saturated heterocycles. The van der Waals surface area contributed by atoms with Gasteiger partial charge in [-0.25, -0.2) is 4.79 Å². The van der Waals surface area contributed by atoms with Crippen molar-refractivity contribution in [3.8, 4) is 0 Å². The Morgan fingerprint density at radius 1 is 1.23 bits per heavy atom. The monoisotopic (exact) mass is 432 g/mol. The molecule has 0 spiro atoms.